The van der Waals surface area contributed by atoms with Crippen LogP contribution in [-0.2, 0) is 28.0 Å². The molecule has 0 bridgehead atoms. The van der Waals surface area contributed by atoms with Gasteiger partial charge < -0.3 is 5.32 Å². The first-order valence-electron chi connectivity index (χ1n) is 10.9. The Morgan fingerprint density at radius 3 is 2.66 bits per heavy atom. The van der Waals surface area contributed by atoms with E-state index in [2.05, 4.69) is 41.4 Å². The smallest absolute Gasteiger partial charge is 0.319 e. The quantitative estimate of drug-likeness (QED) is 0.719. The molecule has 2 aliphatic rings. The predicted molar refractivity (Wildman–Crippen MR) is 120 cm³/mol. The van der Waals surface area contributed by atoms with Crippen LogP contribution in [0.3, 0.4) is 0 Å². The van der Waals surface area contributed by atoms with E-state index in [1.165, 1.54) is 0 Å². The van der Waals surface area contributed by atoms with E-state index >= 15 is 0 Å². The molecule has 0 radical (unpaired) electrons. The number of nitrogens with zero attached hydrogens (tertiary/aromatic N) is 3. The molecule has 168 valence electrons. The summed E-state index contributed by atoms with van der Waals surface area (Å²) in [6.07, 6.45) is 4.58. The number of anilines is 1. The van der Waals surface area contributed by atoms with Gasteiger partial charge in [-0.15, -0.1) is 0 Å². The lowest BCUT2D eigenvalue weighted by Crippen LogP contribution is -2.42. The molecule has 4 amide bonds. The largest absolute Gasteiger partial charge is 0.325 e. The highest BCUT2D eigenvalue weighted by molar-refractivity contribution is 6.10. The summed E-state index contributed by atoms with van der Waals surface area (Å²) >= 11 is 0. The zero-order valence-corrected chi connectivity index (χ0v) is 18.9. The van der Waals surface area contributed by atoms with Crippen LogP contribution in [0.1, 0.15) is 50.9 Å². The maximum absolute atomic E-state index is 13.0. The van der Waals surface area contributed by atoms with Crippen molar-refractivity contribution in [3.05, 3.63) is 53.3 Å². The minimum Gasteiger partial charge on any atom is -0.319 e. The van der Waals surface area contributed by atoms with Crippen LogP contribution in [-0.4, -0.2) is 39.3 Å². The molecule has 1 aliphatic heterocycles. The van der Waals surface area contributed by atoms with Crippen LogP contribution < -0.4 is 10.6 Å². The van der Waals surface area contributed by atoms with Crippen molar-refractivity contribution in [3.8, 4) is 0 Å². The van der Waals surface area contributed by atoms with Crippen LogP contribution in [0.5, 0.6) is 0 Å². The summed E-state index contributed by atoms with van der Waals surface area (Å²) in [7, 11) is 0. The maximum atomic E-state index is 13.0. The number of imide groups is 1. The number of amides is 4. The highest BCUT2D eigenvalue weighted by atomic mass is 16.2. The number of carbonyl (C=O) groups excluding carboxylic acids is 3. The molecule has 2 N–H and O–H groups in total. The monoisotopic (exact) mass is 435 g/mol. The third-order valence-corrected chi connectivity index (χ3v) is 6.55. The molecule has 8 heteroatoms. The summed E-state index contributed by atoms with van der Waals surface area (Å²) in [6, 6.07) is 8.37. The van der Waals surface area contributed by atoms with Gasteiger partial charge in [-0.1, -0.05) is 51.1 Å². The Bertz CT molecular complexity index is 1060. The molecule has 0 unspecified atom stereocenters. The molecule has 1 fully saturated rings. The number of rotatable bonds is 4. The van der Waals surface area contributed by atoms with E-state index in [-0.39, 0.29) is 11.4 Å². The lowest BCUT2D eigenvalue weighted by Gasteiger charge is -2.34. The Kier molecular flexibility index (Phi) is 5.48. The minimum absolute atomic E-state index is 0.195. The van der Waals surface area contributed by atoms with E-state index in [1.54, 1.807) is 37.4 Å². The van der Waals surface area contributed by atoms with Crippen molar-refractivity contribution in [2.24, 2.45) is 11.3 Å². The molecule has 1 aliphatic carbocycles. The fourth-order valence-electron chi connectivity index (χ4n) is 4.42. The van der Waals surface area contributed by atoms with Crippen molar-refractivity contribution >= 4 is 23.8 Å². The number of aromatic nitrogens is 2. The molecule has 0 saturated carbocycles. The summed E-state index contributed by atoms with van der Waals surface area (Å²) < 4.78 is 0. The van der Waals surface area contributed by atoms with Gasteiger partial charge in [0.25, 0.3) is 5.91 Å². The lowest BCUT2D eigenvalue weighted by atomic mass is 9.72. The first-order valence-corrected chi connectivity index (χ1v) is 10.9. The summed E-state index contributed by atoms with van der Waals surface area (Å²) in [4.78, 5) is 47.7. The highest BCUT2D eigenvalue weighted by Gasteiger charge is 2.49. The molecule has 1 saturated heterocycles. The Labute approximate surface area is 187 Å². The van der Waals surface area contributed by atoms with Crippen molar-refractivity contribution in [3.63, 3.8) is 0 Å². The maximum Gasteiger partial charge on any atom is 0.325 e. The van der Waals surface area contributed by atoms with E-state index in [9.17, 15) is 14.4 Å². The lowest BCUT2D eigenvalue weighted by molar-refractivity contribution is -0.133. The van der Waals surface area contributed by atoms with Gasteiger partial charge >= 0.3 is 6.03 Å². The second kappa shape index (κ2) is 8.00. The molecular weight excluding hydrogens is 406 g/mol. The van der Waals surface area contributed by atoms with Gasteiger partial charge in [0, 0.05) is 11.9 Å². The molecule has 8 nitrogen and oxygen atoms in total. The number of hydrogen-bond donors (Lipinski definition) is 2. The van der Waals surface area contributed by atoms with Crippen LogP contribution >= 0.6 is 0 Å². The predicted octanol–water partition coefficient (Wildman–Crippen LogP) is 3.03. The van der Waals surface area contributed by atoms with E-state index in [1.807, 2.05) is 6.07 Å². The third-order valence-electron chi connectivity index (χ3n) is 6.55. The normalized spacial score (nSPS) is 23.0. The minimum atomic E-state index is -1.20. The van der Waals surface area contributed by atoms with Crippen LogP contribution in [0.25, 0.3) is 0 Å². The van der Waals surface area contributed by atoms with Crippen LogP contribution in [0.15, 0.2) is 36.5 Å². The second-order valence-corrected chi connectivity index (χ2v) is 9.83. The molecule has 1 aromatic carbocycles. The number of benzene rings is 1. The van der Waals surface area contributed by atoms with Crippen LogP contribution in [0.4, 0.5) is 10.7 Å². The van der Waals surface area contributed by atoms with E-state index in [0.717, 1.165) is 35.4 Å². The Morgan fingerprint density at radius 2 is 1.97 bits per heavy atom. The SMILES string of the molecule is CC(C)(C)[C@H]1CCc2nc(NC(=O)CN3C(=O)N[C@@](C)(c4ccccc4)C3=O)ncc2C1. The van der Waals surface area contributed by atoms with Crippen molar-refractivity contribution in [1.29, 1.82) is 0 Å². The van der Waals surface area contributed by atoms with Gasteiger partial charge in [-0.25, -0.2) is 14.8 Å². The first kappa shape index (κ1) is 21.9. The molecule has 0 spiro atoms. The molecule has 1 aromatic heterocycles. The Hall–Kier alpha value is -3.29. The van der Waals surface area contributed by atoms with Crippen molar-refractivity contribution in [1.82, 2.24) is 20.2 Å². The van der Waals surface area contributed by atoms with Gasteiger partial charge in [-0.3, -0.25) is 19.8 Å². The standard InChI is InChI=1S/C24H29N5O3/c1-23(2,3)17-10-11-18-15(12-17)13-25-21(26-18)27-19(30)14-29-20(31)24(4,28-22(29)32)16-8-6-5-7-9-16/h5-9,13,17H,10-12,14H2,1-4H3,(H,28,32)(H,25,26,27,30)/t17-,24-/m0/s1. The number of fused-ring (bicyclic) bond motifs is 1. The fourth-order valence-corrected chi connectivity index (χ4v) is 4.42. The van der Waals surface area contributed by atoms with Gasteiger partial charge in [-0.05, 0) is 48.6 Å². The van der Waals surface area contributed by atoms with Gasteiger partial charge in [0.05, 0.1) is 0 Å². The molecule has 2 heterocycles. The highest BCUT2D eigenvalue weighted by Crippen LogP contribution is 2.36. The van der Waals surface area contributed by atoms with Gasteiger partial charge in [0.2, 0.25) is 11.9 Å². The fraction of sp³-hybridized carbons (Fsp3) is 0.458. The number of carbonyl (C=O) groups is 3. The number of nitrogens with one attached hydrogen (secondary N) is 2. The van der Waals surface area contributed by atoms with E-state index in [4.69, 9.17) is 0 Å². The molecule has 4 rings (SSSR count). The number of hydrogen-bond acceptors (Lipinski definition) is 5. The molecular formula is C24H29N5O3. The number of aryl methyl sites for hydroxylation is 1. The topological polar surface area (TPSA) is 104 Å². The second-order valence-electron chi connectivity index (χ2n) is 9.83. The van der Waals surface area contributed by atoms with Crippen molar-refractivity contribution in [2.75, 3.05) is 11.9 Å². The Morgan fingerprint density at radius 1 is 1.25 bits per heavy atom. The van der Waals surface area contributed by atoms with Crippen LogP contribution in [0, 0.1) is 11.3 Å². The van der Waals surface area contributed by atoms with Crippen LogP contribution in [0.2, 0.25) is 0 Å². The number of urea groups is 1. The molecule has 2 aromatic rings. The molecule has 32 heavy (non-hydrogen) atoms. The van der Waals surface area contributed by atoms with E-state index in [0.29, 0.717) is 11.5 Å². The summed E-state index contributed by atoms with van der Waals surface area (Å²) in [5.74, 6) is -0.226. The Balaban J connectivity index is 1.42. The van der Waals surface area contributed by atoms with E-state index < -0.39 is 29.9 Å². The third kappa shape index (κ3) is 4.09. The summed E-state index contributed by atoms with van der Waals surface area (Å²) in [5, 5.41) is 5.33. The molecule has 2 atom stereocenters. The van der Waals surface area contributed by atoms with Crippen molar-refractivity contribution < 1.29 is 14.4 Å². The summed E-state index contributed by atoms with van der Waals surface area (Å²) in [5.41, 5.74) is 1.74. The first-order chi connectivity index (χ1) is 15.1. The van der Waals surface area contributed by atoms with Gasteiger partial charge in [0.15, 0.2) is 0 Å². The van der Waals surface area contributed by atoms with Gasteiger partial charge in [-0.2, -0.15) is 0 Å². The van der Waals surface area contributed by atoms with Crippen molar-refractivity contribution in [2.45, 2.75) is 52.5 Å². The zero-order valence-electron chi connectivity index (χ0n) is 18.9. The summed E-state index contributed by atoms with van der Waals surface area (Å²) in [6.45, 7) is 7.97. The average molecular weight is 436 g/mol. The zero-order chi connectivity index (χ0) is 23.1. The van der Waals surface area contributed by atoms with Gasteiger partial charge in [0.1, 0.15) is 12.1 Å². The average Bonchev–Trinajstić information content (AvgIpc) is 2.97.